The van der Waals surface area contributed by atoms with Gasteiger partial charge in [-0.05, 0) is 51.5 Å². The van der Waals surface area contributed by atoms with Crippen LogP contribution in [-0.4, -0.2) is 29.1 Å². The van der Waals surface area contributed by atoms with Gasteiger partial charge in [-0.15, -0.1) is 0 Å². The molecule has 0 saturated carbocycles. The lowest BCUT2D eigenvalue weighted by Gasteiger charge is -2.40. The smallest absolute Gasteiger partial charge is 0.123 e. The molecule has 0 bridgehead atoms. The molecule has 1 aliphatic heterocycles. The van der Waals surface area contributed by atoms with Crippen LogP contribution in [0, 0.1) is 5.82 Å². The van der Waals surface area contributed by atoms with Crippen molar-refractivity contribution in [2.24, 2.45) is 0 Å². The highest BCUT2D eigenvalue weighted by Gasteiger charge is 2.27. The summed E-state index contributed by atoms with van der Waals surface area (Å²) in [4.78, 5) is 2.43. The van der Waals surface area contributed by atoms with E-state index in [-0.39, 0.29) is 11.4 Å². The van der Waals surface area contributed by atoms with Gasteiger partial charge in [-0.2, -0.15) is 11.8 Å². The monoisotopic (exact) mass is 310 g/mol. The van der Waals surface area contributed by atoms with E-state index in [4.69, 9.17) is 0 Å². The Hall–Kier alpha value is -0.740. The van der Waals surface area contributed by atoms with E-state index in [2.05, 4.69) is 44.8 Å². The lowest BCUT2D eigenvalue weighted by Crippen LogP contribution is -2.45. The Kier molecular flexibility index (Phi) is 5.20. The van der Waals surface area contributed by atoms with Crippen molar-refractivity contribution in [3.05, 3.63) is 29.6 Å². The highest BCUT2D eigenvalue weighted by Crippen LogP contribution is 2.31. The molecule has 0 radical (unpaired) electrons. The van der Waals surface area contributed by atoms with Crippen molar-refractivity contribution in [2.45, 2.75) is 58.0 Å². The number of hydrogen-bond donors (Lipinski definition) is 1. The zero-order valence-corrected chi connectivity index (χ0v) is 14.6. The largest absolute Gasteiger partial charge is 0.367 e. The first-order valence-corrected chi connectivity index (χ1v) is 8.74. The molecule has 2 atom stereocenters. The zero-order chi connectivity index (χ0) is 15.6. The Morgan fingerprint density at radius 1 is 1.33 bits per heavy atom. The van der Waals surface area contributed by atoms with Crippen LogP contribution in [0.2, 0.25) is 0 Å². The Bertz CT molecular complexity index is 484. The maximum absolute atomic E-state index is 13.7. The van der Waals surface area contributed by atoms with E-state index in [0.29, 0.717) is 17.8 Å². The van der Waals surface area contributed by atoms with Crippen molar-refractivity contribution in [2.75, 3.05) is 17.2 Å². The Morgan fingerprint density at radius 3 is 2.71 bits per heavy atom. The predicted octanol–water partition coefficient (Wildman–Crippen LogP) is 4.04. The Balaban J connectivity index is 2.25. The molecular weight excluding hydrogens is 283 g/mol. The van der Waals surface area contributed by atoms with Crippen molar-refractivity contribution in [1.82, 2.24) is 5.32 Å². The molecule has 1 aliphatic rings. The van der Waals surface area contributed by atoms with E-state index in [0.717, 1.165) is 17.9 Å². The third kappa shape index (κ3) is 4.36. The third-order valence-corrected chi connectivity index (χ3v) is 5.38. The van der Waals surface area contributed by atoms with E-state index in [1.807, 2.05) is 17.8 Å². The molecule has 2 nitrogen and oxygen atoms in total. The lowest BCUT2D eigenvalue weighted by atomic mass is 10.1. The summed E-state index contributed by atoms with van der Waals surface area (Å²) in [5.41, 5.74) is 2.25. The summed E-state index contributed by atoms with van der Waals surface area (Å²) in [6.45, 7) is 12.7. The fourth-order valence-corrected chi connectivity index (χ4v) is 3.71. The molecule has 4 heteroatoms. The van der Waals surface area contributed by atoms with Gasteiger partial charge in [0.15, 0.2) is 0 Å². The highest BCUT2D eigenvalue weighted by atomic mass is 32.2. The molecule has 0 aliphatic carbocycles. The normalized spacial score (nSPS) is 23.4. The number of nitrogens with zero attached hydrogens (tertiary/aromatic N) is 1. The third-order valence-electron chi connectivity index (χ3n) is 4.04. The molecule has 1 saturated heterocycles. The van der Waals surface area contributed by atoms with E-state index < -0.39 is 0 Å². The summed E-state index contributed by atoms with van der Waals surface area (Å²) in [5.74, 6) is 0.978. The summed E-state index contributed by atoms with van der Waals surface area (Å²) in [6.07, 6.45) is 0. The average molecular weight is 310 g/mol. The maximum atomic E-state index is 13.7. The molecule has 1 N–H and O–H groups in total. The second-order valence-corrected chi connectivity index (χ2v) is 8.37. The molecule has 2 unspecified atom stereocenters. The van der Waals surface area contributed by atoms with Crippen LogP contribution in [0.1, 0.15) is 40.2 Å². The van der Waals surface area contributed by atoms with Crippen LogP contribution in [0.25, 0.3) is 0 Å². The van der Waals surface area contributed by atoms with E-state index >= 15 is 0 Å². The molecule has 1 heterocycles. The second-order valence-electron chi connectivity index (χ2n) is 6.89. The van der Waals surface area contributed by atoms with Crippen LogP contribution in [0.5, 0.6) is 0 Å². The van der Waals surface area contributed by atoms with Gasteiger partial charge >= 0.3 is 0 Å². The lowest BCUT2D eigenvalue weighted by molar-refractivity contribution is 0.423. The van der Waals surface area contributed by atoms with E-state index in [1.165, 1.54) is 5.69 Å². The standard InChI is InChI=1S/C17H27FN2S/c1-12-13(2)21-9-8-20(12)16-7-6-15(18)10-14(16)11-19-17(3,4)5/h6-7,10,12-13,19H,8-9,11H2,1-5H3. The minimum atomic E-state index is -0.156. The van der Waals surface area contributed by atoms with Gasteiger partial charge in [0.2, 0.25) is 0 Å². The number of nitrogens with one attached hydrogen (secondary N) is 1. The number of anilines is 1. The molecule has 0 amide bonds. The summed E-state index contributed by atoms with van der Waals surface area (Å²) < 4.78 is 13.7. The van der Waals surface area contributed by atoms with Crippen LogP contribution in [0.15, 0.2) is 18.2 Å². The molecule has 0 spiro atoms. The number of halogens is 1. The minimum absolute atomic E-state index is 0.0280. The SMILES string of the molecule is CC1SCCN(c2ccc(F)cc2CNC(C)(C)C)C1C. The molecule has 21 heavy (non-hydrogen) atoms. The number of rotatable bonds is 3. The predicted molar refractivity (Wildman–Crippen MR) is 91.7 cm³/mol. The van der Waals surface area contributed by atoms with Crippen molar-refractivity contribution in [3.8, 4) is 0 Å². The van der Waals surface area contributed by atoms with Gasteiger partial charge < -0.3 is 10.2 Å². The number of hydrogen-bond acceptors (Lipinski definition) is 3. The number of thioether (sulfide) groups is 1. The summed E-state index contributed by atoms with van der Waals surface area (Å²) in [7, 11) is 0. The van der Waals surface area contributed by atoms with Crippen molar-refractivity contribution < 1.29 is 4.39 Å². The van der Waals surface area contributed by atoms with Gasteiger partial charge in [-0.3, -0.25) is 0 Å². The molecule has 2 rings (SSSR count). The van der Waals surface area contributed by atoms with E-state index in [1.54, 1.807) is 12.1 Å². The Morgan fingerprint density at radius 2 is 2.05 bits per heavy atom. The van der Waals surface area contributed by atoms with Gasteiger partial charge in [0.1, 0.15) is 5.82 Å². The van der Waals surface area contributed by atoms with Crippen molar-refractivity contribution >= 4 is 17.4 Å². The fourth-order valence-electron chi connectivity index (χ4n) is 2.61. The summed E-state index contributed by atoms with van der Waals surface area (Å²) >= 11 is 2.02. The molecule has 1 aromatic rings. The zero-order valence-electron chi connectivity index (χ0n) is 13.7. The quantitative estimate of drug-likeness (QED) is 0.907. The van der Waals surface area contributed by atoms with Crippen molar-refractivity contribution in [1.29, 1.82) is 0 Å². The first-order valence-electron chi connectivity index (χ1n) is 7.69. The fraction of sp³-hybridized carbons (Fsp3) is 0.647. The van der Waals surface area contributed by atoms with Crippen LogP contribution in [0.4, 0.5) is 10.1 Å². The number of benzene rings is 1. The van der Waals surface area contributed by atoms with E-state index in [9.17, 15) is 4.39 Å². The maximum Gasteiger partial charge on any atom is 0.123 e. The Labute approximate surface area is 132 Å². The van der Waals surface area contributed by atoms with Crippen LogP contribution < -0.4 is 10.2 Å². The first-order chi connectivity index (χ1) is 9.78. The van der Waals surface area contributed by atoms with Crippen LogP contribution in [-0.2, 0) is 6.54 Å². The van der Waals surface area contributed by atoms with Crippen molar-refractivity contribution in [3.63, 3.8) is 0 Å². The van der Waals surface area contributed by atoms with Gasteiger partial charge in [0.25, 0.3) is 0 Å². The van der Waals surface area contributed by atoms with Gasteiger partial charge in [0.05, 0.1) is 0 Å². The summed E-state index contributed by atoms with van der Waals surface area (Å²) in [6, 6.07) is 5.67. The molecule has 1 fully saturated rings. The van der Waals surface area contributed by atoms with Gasteiger partial charge in [-0.1, -0.05) is 6.92 Å². The van der Waals surface area contributed by atoms with Gasteiger partial charge in [-0.25, -0.2) is 4.39 Å². The molecule has 118 valence electrons. The summed E-state index contributed by atoms with van der Waals surface area (Å²) in [5, 5.41) is 4.08. The molecular formula is C17H27FN2S. The first kappa shape index (κ1) is 16.6. The van der Waals surface area contributed by atoms with Crippen LogP contribution >= 0.6 is 11.8 Å². The molecule has 1 aromatic carbocycles. The molecule has 0 aromatic heterocycles. The minimum Gasteiger partial charge on any atom is -0.367 e. The average Bonchev–Trinajstić information content (AvgIpc) is 2.39. The topological polar surface area (TPSA) is 15.3 Å². The van der Waals surface area contributed by atoms with Crippen LogP contribution in [0.3, 0.4) is 0 Å². The van der Waals surface area contributed by atoms with Gasteiger partial charge in [0, 0.05) is 41.4 Å². The highest BCUT2D eigenvalue weighted by molar-refractivity contribution is 8.00. The second kappa shape index (κ2) is 6.57.